The molecule has 0 saturated carbocycles. The third-order valence-electron chi connectivity index (χ3n) is 3.64. The topological polar surface area (TPSA) is 42.0 Å². The lowest BCUT2D eigenvalue weighted by Gasteiger charge is -2.08. The summed E-state index contributed by atoms with van der Waals surface area (Å²) >= 11 is 7.53. The van der Waals surface area contributed by atoms with Crippen LogP contribution in [0.4, 0.5) is 5.69 Å². The van der Waals surface area contributed by atoms with Gasteiger partial charge in [-0.15, -0.1) is 11.3 Å². The van der Waals surface area contributed by atoms with Crippen molar-refractivity contribution in [3.63, 3.8) is 0 Å². The molecular formula is C19H17ClN2OS. The highest BCUT2D eigenvalue weighted by Crippen LogP contribution is 2.26. The molecule has 0 aliphatic rings. The number of nitrogens with zero attached hydrogens (tertiary/aromatic N) is 1. The molecule has 0 spiro atoms. The van der Waals surface area contributed by atoms with Gasteiger partial charge in [-0.1, -0.05) is 48.9 Å². The van der Waals surface area contributed by atoms with Crippen LogP contribution >= 0.6 is 22.9 Å². The fraction of sp³-hybridized carbons (Fsp3) is 0.158. The molecule has 2 aromatic carbocycles. The molecule has 0 bridgehead atoms. The van der Waals surface area contributed by atoms with Crippen LogP contribution < -0.4 is 5.32 Å². The molecule has 24 heavy (non-hydrogen) atoms. The molecular weight excluding hydrogens is 340 g/mol. The van der Waals surface area contributed by atoms with E-state index in [4.69, 9.17) is 11.6 Å². The Morgan fingerprint density at radius 1 is 1.21 bits per heavy atom. The van der Waals surface area contributed by atoms with Gasteiger partial charge in [-0.05, 0) is 30.2 Å². The quantitative estimate of drug-likeness (QED) is 0.682. The minimum Gasteiger partial charge on any atom is -0.325 e. The zero-order valence-electron chi connectivity index (χ0n) is 13.3. The van der Waals surface area contributed by atoms with Crippen LogP contribution in [0.3, 0.4) is 0 Å². The number of nitrogens with one attached hydrogen (secondary N) is 1. The Balaban J connectivity index is 1.69. The molecule has 1 amide bonds. The summed E-state index contributed by atoms with van der Waals surface area (Å²) in [6.07, 6.45) is 1.14. The number of carbonyl (C=O) groups is 1. The summed E-state index contributed by atoms with van der Waals surface area (Å²) in [6.45, 7) is 2.07. The van der Waals surface area contributed by atoms with Crippen molar-refractivity contribution >= 4 is 34.5 Å². The van der Waals surface area contributed by atoms with Crippen LogP contribution in [0.15, 0.2) is 53.9 Å². The third kappa shape index (κ3) is 4.02. The molecule has 1 N–H and O–H groups in total. The summed E-state index contributed by atoms with van der Waals surface area (Å²) in [7, 11) is 0. The number of para-hydroxylation sites is 1. The first-order valence-electron chi connectivity index (χ1n) is 7.74. The van der Waals surface area contributed by atoms with Crippen LogP contribution in [0.25, 0.3) is 10.6 Å². The predicted molar refractivity (Wildman–Crippen MR) is 101 cm³/mol. The lowest BCUT2D eigenvalue weighted by atomic mass is 10.1. The second-order valence-corrected chi connectivity index (χ2v) is 6.68. The molecule has 0 fully saturated rings. The van der Waals surface area contributed by atoms with E-state index in [9.17, 15) is 4.79 Å². The zero-order valence-corrected chi connectivity index (χ0v) is 14.8. The first-order chi connectivity index (χ1) is 11.7. The Morgan fingerprint density at radius 2 is 2.04 bits per heavy atom. The van der Waals surface area contributed by atoms with Crippen molar-refractivity contribution in [2.75, 3.05) is 5.32 Å². The lowest BCUT2D eigenvalue weighted by molar-refractivity contribution is -0.115. The zero-order chi connectivity index (χ0) is 16.9. The van der Waals surface area contributed by atoms with E-state index < -0.39 is 0 Å². The standard InChI is InChI=1S/C19H17ClN2OS/c1-2-13-6-3-4-9-17(13)22-18(23)11-16-12-24-19(21-16)14-7-5-8-15(20)10-14/h3-10,12H,2,11H2,1H3,(H,22,23). The summed E-state index contributed by atoms with van der Waals surface area (Å²) in [4.78, 5) is 16.8. The van der Waals surface area contributed by atoms with E-state index in [1.165, 1.54) is 11.3 Å². The Labute approximate surface area is 150 Å². The summed E-state index contributed by atoms with van der Waals surface area (Å²) in [5.74, 6) is -0.0566. The number of anilines is 1. The molecule has 122 valence electrons. The normalized spacial score (nSPS) is 10.6. The van der Waals surface area contributed by atoms with Crippen LogP contribution in [0, 0.1) is 0 Å². The molecule has 0 saturated heterocycles. The van der Waals surface area contributed by atoms with Gasteiger partial charge in [0.05, 0.1) is 12.1 Å². The van der Waals surface area contributed by atoms with Crippen molar-refractivity contribution in [3.05, 3.63) is 70.2 Å². The molecule has 1 aromatic heterocycles. The number of rotatable bonds is 5. The number of amides is 1. The number of aromatic nitrogens is 1. The number of carbonyl (C=O) groups excluding carboxylic acids is 1. The van der Waals surface area contributed by atoms with Crippen LogP contribution in [0.1, 0.15) is 18.2 Å². The largest absolute Gasteiger partial charge is 0.325 e. The molecule has 0 aliphatic carbocycles. The van der Waals surface area contributed by atoms with Crippen molar-refractivity contribution in [2.24, 2.45) is 0 Å². The number of aryl methyl sites for hydroxylation is 1. The monoisotopic (exact) mass is 356 g/mol. The van der Waals surface area contributed by atoms with Gasteiger partial charge < -0.3 is 5.32 Å². The van der Waals surface area contributed by atoms with Gasteiger partial charge in [0, 0.05) is 21.7 Å². The van der Waals surface area contributed by atoms with Crippen molar-refractivity contribution in [2.45, 2.75) is 19.8 Å². The fourth-order valence-electron chi connectivity index (χ4n) is 2.45. The molecule has 3 rings (SSSR count). The lowest BCUT2D eigenvalue weighted by Crippen LogP contribution is -2.15. The highest BCUT2D eigenvalue weighted by Gasteiger charge is 2.11. The van der Waals surface area contributed by atoms with E-state index in [1.54, 1.807) is 0 Å². The second-order valence-electron chi connectivity index (χ2n) is 5.39. The second kappa shape index (κ2) is 7.60. The highest BCUT2D eigenvalue weighted by atomic mass is 35.5. The predicted octanol–water partition coefficient (Wildman–Crippen LogP) is 5.21. The van der Waals surface area contributed by atoms with E-state index in [0.29, 0.717) is 5.02 Å². The summed E-state index contributed by atoms with van der Waals surface area (Å²) in [5, 5.41) is 6.44. The Kier molecular flexibility index (Phi) is 5.28. The minimum atomic E-state index is -0.0566. The molecule has 0 atom stereocenters. The average Bonchev–Trinajstić information content (AvgIpc) is 3.03. The number of thiazole rings is 1. The van der Waals surface area contributed by atoms with Crippen LogP contribution in [0.2, 0.25) is 5.02 Å². The maximum Gasteiger partial charge on any atom is 0.230 e. The summed E-state index contributed by atoms with van der Waals surface area (Å²) in [5.41, 5.74) is 3.73. The number of benzene rings is 2. The van der Waals surface area contributed by atoms with Gasteiger partial charge in [0.15, 0.2) is 0 Å². The molecule has 5 heteroatoms. The van der Waals surface area contributed by atoms with Crippen molar-refractivity contribution in [1.29, 1.82) is 0 Å². The number of halogens is 1. The van der Waals surface area contributed by atoms with Crippen molar-refractivity contribution < 1.29 is 4.79 Å². The Bertz CT molecular complexity index is 860. The van der Waals surface area contributed by atoms with Crippen LogP contribution in [-0.4, -0.2) is 10.9 Å². The minimum absolute atomic E-state index is 0.0566. The van der Waals surface area contributed by atoms with Gasteiger partial charge in [-0.2, -0.15) is 0 Å². The Morgan fingerprint density at radius 3 is 2.83 bits per heavy atom. The molecule has 0 radical (unpaired) electrons. The van der Waals surface area contributed by atoms with Gasteiger partial charge in [-0.25, -0.2) is 4.98 Å². The van der Waals surface area contributed by atoms with E-state index in [1.807, 2.05) is 53.9 Å². The maximum atomic E-state index is 12.3. The number of hydrogen-bond acceptors (Lipinski definition) is 3. The molecule has 1 heterocycles. The smallest absolute Gasteiger partial charge is 0.230 e. The van der Waals surface area contributed by atoms with E-state index in [2.05, 4.69) is 17.2 Å². The van der Waals surface area contributed by atoms with Gasteiger partial charge >= 0.3 is 0 Å². The molecule has 3 aromatic rings. The average molecular weight is 357 g/mol. The van der Waals surface area contributed by atoms with Gasteiger partial charge in [0.2, 0.25) is 5.91 Å². The molecule has 0 aliphatic heterocycles. The van der Waals surface area contributed by atoms with E-state index >= 15 is 0 Å². The van der Waals surface area contributed by atoms with E-state index in [0.717, 1.165) is 33.9 Å². The summed E-state index contributed by atoms with van der Waals surface area (Å²) in [6, 6.07) is 15.4. The van der Waals surface area contributed by atoms with Crippen LogP contribution in [-0.2, 0) is 17.6 Å². The maximum absolute atomic E-state index is 12.3. The molecule has 3 nitrogen and oxygen atoms in total. The van der Waals surface area contributed by atoms with Crippen molar-refractivity contribution in [1.82, 2.24) is 4.98 Å². The van der Waals surface area contributed by atoms with E-state index in [-0.39, 0.29) is 12.3 Å². The number of hydrogen-bond donors (Lipinski definition) is 1. The van der Waals surface area contributed by atoms with Gasteiger partial charge in [0.25, 0.3) is 0 Å². The van der Waals surface area contributed by atoms with Gasteiger partial charge in [-0.3, -0.25) is 4.79 Å². The summed E-state index contributed by atoms with van der Waals surface area (Å²) < 4.78 is 0. The Hall–Kier alpha value is -2.17. The SMILES string of the molecule is CCc1ccccc1NC(=O)Cc1csc(-c2cccc(Cl)c2)n1. The van der Waals surface area contributed by atoms with Gasteiger partial charge in [0.1, 0.15) is 5.01 Å². The highest BCUT2D eigenvalue weighted by molar-refractivity contribution is 7.13. The van der Waals surface area contributed by atoms with Crippen LogP contribution in [0.5, 0.6) is 0 Å². The first-order valence-corrected chi connectivity index (χ1v) is 8.99. The molecule has 0 unspecified atom stereocenters. The fourth-order valence-corrected chi connectivity index (χ4v) is 3.46. The van der Waals surface area contributed by atoms with Crippen molar-refractivity contribution in [3.8, 4) is 10.6 Å². The first kappa shape index (κ1) is 16.7. The third-order valence-corrected chi connectivity index (χ3v) is 4.81.